The number of benzene rings is 1. The zero-order valence-electron chi connectivity index (χ0n) is 9.81. The summed E-state index contributed by atoms with van der Waals surface area (Å²) in [6, 6.07) is 7.29. The molecular weight excluding hydrogens is 220 g/mol. The van der Waals surface area contributed by atoms with Gasteiger partial charge in [-0.2, -0.15) is 0 Å². The lowest BCUT2D eigenvalue weighted by atomic mass is 9.76. The summed E-state index contributed by atoms with van der Waals surface area (Å²) in [6.45, 7) is 2.22. The normalized spacial score (nSPS) is 22.5. The molecule has 17 heavy (non-hydrogen) atoms. The lowest BCUT2D eigenvalue weighted by Gasteiger charge is -2.34. The number of carbonyl (C=O) groups is 1. The monoisotopic (exact) mass is 236 g/mol. The van der Waals surface area contributed by atoms with Gasteiger partial charge in [0.15, 0.2) is 0 Å². The number of aliphatic hydroxyl groups excluding tert-OH is 1. The van der Waals surface area contributed by atoms with Crippen LogP contribution in [0.5, 0.6) is 5.75 Å². The van der Waals surface area contributed by atoms with Crippen molar-refractivity contribution >= 4 is 5.97 Å². The Hall–Kier alpha value is -1.55. The van der Waals surface area contributed by atoms with Crippen LogP contribution >= 0.6 is 0 Å². The van der Waals surface area contributed by atoms with E-state index in [2.05, 4.69) is 0 Å². The standard InChI is InChI=1S/C13H16O4/c1-2-16-12(15)13(9-14)7-8-17-11-6-4-3-5-10(11)13/h3-6,14H,2,7-9H2,1H3/t13-/m1/s1. The number of para-hydroxylation sites is 1. The summed E-state index contributed by atoms with van der Waals surface area (Å²) in [7, 11) is 0. The zero-order valence-corrected chi connectivity index (χ0v) is 9.81. The first-order chi connectivity index (χ1) is 8.24. The summed E-state index contributed by atoms with van der Waals surface area (Å²) in [6.07, 6.45) is 0.444. The third-order valence-corrected chi connectivity index (χ3v) is 3.13. The molecule has 1 heterocycles. The first-order valence-corrected chi connectivity index (χ1v) is 5.75. The van der Waals surface area contributed by atoms with E-state index in [-0.39, 0.29) is 12.6 Å². The number of fused-ring (bicyclic) bond motifs is 1. The highest BCUT2D eigenvalue weighted by Crippen LogP contribution is 2.39. The predicted octanol–water partition coefficient (Wildman–Crippen LogP) is 1.26. The van der Waals surface area contributed by atoms with Crippen LogP contribution in [0.25, 0.3) is 0 Å². The fraction of sp³-hybridized carbons (Fsp3) is 0.462. The predicted molar refractivity (Wildman–Crippen MR) is 62.0 cm³/mol. The van der Waals surface area contributed by atoms with Crippen LogP contribution in [0.3, 0.4) is 0 Å². The molecule has 1 N–H and O–H groups in total. The Balaban J connectivity index is 2.45. The molecule has 0 saturated carbocycles. The largest absolute Gasteiger partial charge is 0.493 e. The summed E-state index contributed by atoms with van der Waals surface area (Å²) >= 11 is 0. The molecule has 0 radical (unpaired) electrons. The van der Waals surface area contributed by atoms with Gasteiger partial charge in [0, 0.05) is 12.0 Å². The lowest BCUT2D eigenvalue weighted by molar-refractivity contribution is -0.153. The van der Waals surface area contributed by atoms with Gasteiger partial charge < -0.3 is 14.6 Å². The molecule has 0 bridgehead atoms. The van der Waals surface area contributed by atoms with Crippen molar-refractivity contribution in [2.45, 2.75) is 18.8 Å². The van der Waals surface area contributed by atoms with E-state index in [1.165, 1.54) is 0 Å². The van der Waals surface area contributed by atoms with Crippen LogP contribution in [0.1, 0.15) is 18.9 Å². The molecule has 1 aromatic carbocycles. The van der Waals surface area contributed by atoms with Gasteiger partial charge in [0.1, 0.15) is 11.2 Å². The minimum absolute atomic E-state index is 0.258. The highest BCUT2D eigenvalue weighted by atomic mass is 16.5. The molecule has 0 spiro atoms. The molecule has 0 amide bonds. The van der Waals surface area contributed by atoms with Crippen molar-refractivity contribution in [1.82, 2.24) is 0 Å². The summed E-state index contributed by atoms with van der Waals surface area (Å²) in [5.41, 5.74) is -0.252. The molecule has 2 rings (SSSR count). The molecule has 0 aliphatic carbocycles. The Bertz CT molecular complexity index is 416. The Morgan fingerprint density at radius 1 is 1.53 bits per heavy atom. The van der Waals surface area contributed by atoms with Gasteiger partial charge in [0.2, 0.25) is 0 Å². The van der Waals surface area contributed by atoms with Gasteiger partial charge in [-0.1, -0.05) is 18.2 Å². The fourth-order valence-electron chi connectivity index (χ4n) is 2.17. The molecule has 1 aliphatic heterocycles. The van der Waals surface area contributed by atoms with Crippen LogP contribution < -0.4 is 4.74 Å². The van der Waals surface area contributed by atoms with Crippen molar-refractivity contribution < 1.29 is 19.4 Å². The molecule has 4 nitrogen and oxygen atoms in total. The number of esters is 1. The highest BCUT2D eigenvalue weighted by Gasteiger charge is 2.45. The first kappa shape index (κ1) is 11.9. The van der Waals surface area contributed by atoms with Crippen molar-refractivity contribution in [3.63, 3.8) is 0 Å². The molecular formula is C13H16O4. The van der Waals surface area contributed by atoms with Crippen LogP contribution in [-0.4, -0.2) is 30.9 Å². The van der Waals surface area contributed by atoms with Crippen molar-refractivity contribution in [2.24, 2.45) is 0 Å². The number of hydrogen-bond donors (Lipinski definition) is 1. The topological polar surface area (TPSA) is 55.8 Å². The van der Waals surface area contributed by atoms with Gasteiger partial charge >= 0.3 is 5.97 Å². The van der Waals surface area contributed by atoms with Gasteiger partial charge in [-0.05, 0) is 13.0 Å². The lowest BCUT2D eigenvalue weighted by Crippen LogP contribution is -2.44. The third-order valence-electron chi connectivity index (χ3n) is 3.13. The second-order valence-electron chi connectivity index (χ2n) is 4.06. The molecule has 1 atom stereocenters. The quantitative estimate of drug-likeness (QED) is 0.803. The number of carbonyl (C=O) groups excluding carboxylic acids is 1. The highest BCUT2D eigenvalue weighted by molar-refractivity contribution is 5.85. The van der Waals surface area contributed by atoms with Gasteiger partial charge in [-0.25, -0.2) is 0 Å². The van der Waals surface area contributed by atoms with E-state index in [0.717, 1.165) is 0 Å². The van der Waals surface area contributed by atoms with Gasteiger partial charge in [0.05, 0.1) is 19.8 Å². The number of ether oxygens (including phenoxy) is 2. The second-order valence-corrected chi connectivity index (χ2v) is 4.06. The van der Waals surface area contributed by atoms with Crippen LogP contribution in [0.2, 0.25) is 0 Å². The van der Waals surface area contributed by atoms with Crippen molar-refractivity contribution in [3.05, 3.63) is 29.8 Å². The molecule has 0 fully saturated rings. The second kappa shape index (κ2) is 4.75. The SMILES string of the molecule is CCOC(=O)[C@@]1(CO)CCOc2ccccc21. The molecule has 1 aliphatic rings. The maximum absolute atomic E-state index is 12.1. The molecule has 92 valence electrons. The zero-order chi connectivity index (χ0) is 12.3. The Kier molecular flexibility index (Phi) is 3.33. The van der Waals surface area contributed by atoms with Crippen LogP contribution in [0.4, 0.5) is 0 Å². The molecule has 0 unspecified atom stereocenters. The maximum Gasteiger partial charge on any atom is 0.319 e. The summed E-state index contributed by atoms with van der Waals surface area (Å²) in [5.74, 6) is 0.277. The van der Waals surface area contributed by atoms with Crippen LogP contribution in [-0.2, 0) is 14.9 Å². The van der Waals surface area contributed by atoms with Crippen molar-refractivity contribution in [1.29, 1.82) is 0 Å². The van der Waals surface area contributed by atoms with Crippen molar-refractivity contribution in [2.75, 3.05) is 19.8 Å². The van der Waals surface area contributed by atoms with Gasteiger partial charge in [-0.15, -0.1) is 0 Å². The number of aliphatic hydroxyl groups is 1. The van der Waals surface area contributed by atoms with Crippen LogP contribution in [0, 0.1) is 0 Å². The Morgan fingerprint density at radius 3 is 3.00 bits per heavy atom. The van der Waals surface area contributed by atoms with E-state index >= 15 is 0 Å². The maximum atomic E-state index is 12.1. The average molecular weight is 236 g/mol. The van der Waals surface area contributed by atoms with E-state index in [4.69, 9.17) is 9.47 Å². The molecule has 0 saturated heterocycles. The van der Waals surface area contributed by atoms with Gasteiger partial charge in [0.25, 0.3) is 0 Å². The number of rotatable bonds is 3. The van der Waals surface area contributed by atoms with Crippen LogP contribution in [0.15, 0.2) is 24.3 Å². The van der Waals surface area contributed by atoms with Gasteiger partial charge in [-0.3, -0.25) is 4.79 Å². The molecule has 0 aromatic heterocycles. The number of hydrogen-bond acceptors (Lipinski definition) is 4. The van der Waals surface area contributed by atoms with E-state index in [1.54, 1.807) is 13.0 Å². The minimum Gasteiger partial charge on any atom is -0.493 e. The molecule has 4 heteroatoms. The fourth-order valence-corrected chi connectivity index (χ4v) is 2.17. The first-order valence-electron chi connectivity index (χ1n) is 5.75. The minimum atomic E-state index is -0.967. The third kappa shape index (κ3) is 1.89. The Morgan fingerprint density at radius 2 is 2.29 bits per heavy atom. The smallest absolute Gasteiger partial charge is 0.319 e. The van der Waals surface area contributed by atoms with E-state index < -0.39 is 5.41 Å². The van der Waals surface area contributed by atoms with E-state index in [0.29, 0.717) is 30.9 Å². The molecule has 1 aromatic rings. The summed E-state index contributed by atoms with van der Waals surface area (Å²) in [4.78, 5) is 12.1. The Labute approximate surface area is 100 Å². The summed E-state index contributed by atoms with van der Waals surface area (Å²) in [5, 5.41) is 9.63. The van der Waals surface area contributed by atoms with E-state index in [1.807, 2.05) is 18.2 Å². The van der Waals surface area contributed by atoms with E-state index in [9.17, 15) is 9.90 Å². The van der Waals surface area contributed by atoms with Crippen molar-refractivity contribution in [3.8, 4) is 5.75 Å². The summed E-state index contributed by atoms with van der Waals surface area (Å²) < 4.78 is 10.6. The average Bonchev–Trinajstić information content (AvgIpc) is 2.38.